The highest BCUT2D eigenvalue weighted by Crippen LogP contribution is 2.28. The van der Waals surface area contributed by atoms with Gasteiger partial charge in [-0.05, 0) is 17.7 Å². The molecule has 0 bridgehead atoms. The van der Waals surface area contributed by atoms with Gasteiger partial charge in [0, 0.05) is 5.56 Å². The molecule has 1 amide bonds. The summed E-state index contributed by atoms with van der Waals surface area (Å²) < 4.78 is 13.6. The molecule has 23 heavy (non-hydrogen) atoms. The van der Waals surface area contributed by atoms with Crippen LogP contribution in [0.15, 0.2) is 48.7 Å². The minimum Gasteiger partial charge on any atom is -0.306 e. The number of aromatic amines is 1. The van der Waals surface area contributed by atoms with Crippen molar-refractivity contribution in [3.8, 4) is 11.1 Å². The molecule has 0 saturated heterocycles. The largest absolute Gasteiger partial charge is 0.306 e. The van der Waals surface area contributed by atoms with Crippen molar-refractivity contribution in [1.29, 1.82) is 0 Å². The lowest BCUT2D eigenvalue weighted by Crippen LogP contribution is -2.14. The number of aromatic nitrogens is 2. The van der Waals surface area contributed by atoms with Gasteiger partial charge >= 0.3 is 0 Å². The Bertz CT molecular complexity index is 865. The number of anilines is 1. The second-order valence-electron chi connectivity index (χ2n) is 4.72. The summed E-state index contributed by atoms with van der Waals surface area (Å²) >= 11 is 11.6. The average molecular weight is 350 g/mol. The molecule has 0 atom stereocenters. The number of hydrogen-bond donors (Lipinski definition) is 2. The number of H-pyrrole nitrogens is 1. The van der Waals surface area contributed by atoms with Crippen LogP contribution in [0.5, 0.6) is 0 Å². The Morgan fingerprint density at radius 1 is 1.13 bits per heavy atom. The Labute approximate surface area is 141 Å². The van der Waals surface area contributed by atoms with Crippen molar-refractivity contribution in [1.82, 2.24) is 10.2 Å². The highest BCUT2D eigenvalue weighted by atomic mass is 35.5. The summed E-state index contributed by atoms with van der Waals surface area (Å²) in [7, 11) is 0. The molecule has 0 aliphatic carbocycles. The van der Waals surface area contributed by atoms with Crippen LogP contribution in [0.1, 0.15) is 10.4 Å². The first kappa shape index (κ1) is 15.5. The van der Waals surface area contributed by atoms with Crippen LogP contribution in [0.2, 0.25) is 10.0 Å². The molecule has 1 heterocycles. The van der Waals surface area contributed by atoms with Crippen LogP contribution in [0.3, 0.4) is 0 Å². The van der Waals surface area contributed by atoms with Crippen molar-refractivity contribution in [2.24, 2.45) is 0 Å². The van der Waals surface area contributed by atoms with Crippen molar-refractivity contribution in [3.05, 3.63) is 70.1 Å². The van der Waals surface area contributed by atoms with Crippen molar-refractivity contribution in [2.75, 3.05) is 5.32 Å². The highest BCUT2D eigenvalue weighted by Gasteiger charge is 2.17. The molecule has 3 aromatic rings. The van der Waals surface area contributed by atoms with E-state index in [0.717, 1.165) is 11.6 Å². The molecule has 4 nitrogen and oxygen atoms in total. The topological polar surface area (TPSA) is 57.8 Å². The smallest absolute Gasteiger partial charge is 0.258 e. The predicted molar refractivity (Wildman–Crippen MR) is 88.4 cm³/mol. The van der Waals surface area contributed by atoms with E-state index in [9.17, 15) is 9.18 Å². The van der Waals surface area contributed by atoms with E-state index in [4.69, 9.17) is 23.2 Å². The van der Waals surface area contributed by atoms with E-state index in [1.165, 1.54) is 6.07 Å². The average Bonchev–Trinajstić information content (AvgIpc) is 2.99. The molecule has 0 unspecified atom stereocenters. The number of amides is 1. The van der Waals surface area contributed by atoms with Gasteiger partial charge in [0.2, 0.25) is 0 Å². The van der Waals surface area contributed by atoms with E-state index < -0.39 is 11.7 Å². The SMILES string of the molecule is O=C(Nc1[nH]ncc1-c1ccccc1)c1cc(F)c(Cl)cc1Cl. The first-order chi connectivity index (χ1) is 11.1. The summed E-state index contributed by atoms with van der Waals surface area (Å²) in [5.41, 5.74) is 1.58. The minimum absolute atomic E-state index is 0.0119. The molecule has 0 radical (unpaired) electrons. The van der Waals surface area contributed by atoms with E-state index in [0.29, 0.717) is 11.4 Å². The summed E-state index contributed by atoms with van der Waals surface area (Å²) in [4.78, 5) is 12.3. The summed E-state index contributed by atoms with van der Waals surface area (Å²) in [5.74, 6) is -0.881. The van der Waals surface area contributed by atoms with E-state index in [1.54, 1.807) is 6.20 Å². The van der Waals surface area contributed by atoms with Crippen LogP contribution in [-0.2, 0) is 0 Å². The molecular formula is C16H10Cl2FN3O. The third kappa shape index (κ3) is 3.21. The van der Waals surface area contributed by atoms with Gasteiger partial charge < -0.3 is 5.32 Å². The summed E-state index contributed by atoms with van der Waals surface area (Å²) in [6, 6.07) is 11.6. The van der Waals surface area contributed by atoms with Crippen LogP contribution in [-0.4, -0.2) is 16.1 Å². The third-order valence-corrected chi connectivity index (χ3v) is 3.82. The van der Waals surface area contributed by atoms with Crippen LogP contribution < -0.4 is 5.32 Å². The number of rotatable bonds is 3. The maximum absolute atomic E-state index is 13.6. The molecule has 1 aromatic heterocycles. The quantitative estimate of drug-likeness (QED) is 0.668. The fourth-order valence-corrected chi connectivity index (χ4v) is 2.56. The zero-order valence-corrected chi connectivity index (χ0v) is 13.1. The molecule has 0 fully saturated rings. The zero-order valence-electron chi connectivity index (χ0n) is 11.6. The first-order valence-electron chi connectivity index (χ1n) is 6.61. The second-order valence-corrected chi connectivity index (χ2v) is 5.54. The molecule has 116 valence electrons. The van der Waals surface area contributed by atoms with Crippen LogP contribution in [0.4, 0.5) is 10.2 Å². The van der Waals surface area contributed by atoms with Gasteiger partial charge in [0.05, 0.1) is 21.8 Å². The lowest BCUT2D eigenvalue weighted by molar-refractivity contribution is 0.102. The van der Waals surface area contributed by atoms with Crippen molar-refractivity contribution >= 4 is 34.9 Å². The molecule has 3 rings (SSSR count). The highest BCUT2D eigenvalue weighted by molar-refractivity contribution is 6.37. The van der Waals surface area contributed by atoms with Crippen LogP contribution in [0, 0.1) is 5.82 Å². The Morgan fingerprint density at radius 2 is 1.87 bits per heavy atom. The number of carbonyl (C=O) groups excluding carboxylic acids is 1. The molecule has 2 aromatic carbocycles. The second kappa shape index (κ2) is 6.40. The van der Waals surface area contributed by atoms with Gasteiger partial charge in [-0.25, -0.2) is 4.39 Å². The summed E-state index contributed by atoms with van der Waals surface area (Å²) in [5, 5.41) is 9.20. The number of nitrogens with one attached hydrogen (secondary N) is 2. The minimum atomic E-state index is -0.714. The number of nitrogens with zero attached hydrogens (tertiary/aromatic N) is 1. The van der Waals surface area contributed by atoms with Crippen LogP contribution in [0.25, 0.3) is 11.1 Å². The Kier molecular flexibility index (Phi) is 4.32. The zero-order chi connectivity index (χ0) is 16.4. The molecular weight excluding hydrogens is 340 g/mol. The lowest BCUT2D eigenvalue weighted by Gasteiger charge is -2.08. The van der Waals surface area contributed by atoms with E-state index >= 15 is 0 Å². The van der Waals surface area contributed by atoms with E-state index in [2.05, 4.69) is 15.5 Å². The Balaban J connectivity index is 1.91. The predicted octanol–water partition coefficient (Wildman–Crippen LogP) is 4.77. The molecule has 7 heteroatoms. The van der Waals surface area contributed by atoms with Crippen molar-refractivity contribution in [2.45, 2.75) is 0 Å². The first-order valence-corrected chi connectivity index (χ1v) is 7.36. The maximum atomic E-state index is 13.6. The van der Waals surface area contributed by atoms with E-state index in [1.807, 2.05) is 30.3 Å². The summed E-state index contributed by atoms with van der Waals surface area (Å²) in [6.07, 6.45) is 1.59. The van der Waals surface area contributed by atoms with E-state index in [-0.39, 0.29) is 15.6 Å². The van der Waals surface area contributed by atoms with Gasteiger partial charge in [-0.2, -0.15) is 5.10 Å². The lowest BCUT2D eigenvalue weighted by atomic mass is 10.1. The van der Waals surface area contributed by atoms with Gasteiger partial charge in [-0.3, -0.25) is 9.89 Å². The standard InChI is InChI=1S/C16H10Cl2FN3O/c17-12-7-13(18)14(19)6-10(12)16(23)21-15-11(8-20-22-15)9-4-2-1-3-5-9/h1-8H,(H2,20,21,22,23). The van der Waals surface area contributed by atoms with Crippen molar-refractivity contribution in [3.63, 3.8) is 0 Å². The normalized spacial score (nSPS) is 10.6. The van der Waals surface area contributed by atoms with Gasteiger partial charge in [0.1, 0.15) is 11.6 Å². The number of hydrogen-bond acceptors (Lipinski definition) is 2. The third-order valence-electron chi connectivity index (χ3n) is 3.22. The number of benzene rings is 2. The number of carbonyl (C=O) groups is 1. The fourth-order valence-electron chi connectivity index (χ4n) is 2.10. The van der Waals surface area contributed by atoms with Gasteiger partial charge in [-0.1, -0.05) is 53.5 Å². The van der Waals surface area contributed by atoms with Crippen LogP contribution >= 0.6 is 23.2 Å². The molecule has 0 saturated carbocycles. The summed E-state index contributed by atoms with van der Waals surface area (Å²) in [6.45, 7) is 0. The van der Waals surface area contributed by atoms with Gasteiger partial charge in [-0.15, -0.1) is 0 Å². The van der Waals surface area contributed by atoms with Crippen molar-refractivity contribution < 1.29 is 9.18 Å². The molecule has 2 N–H and O–H groups in total. The van der Waals surface area contributed by atoms with Gasteiger partial charge in [0.25, 0.3) is 5.91 Å². The Hall–Kier alpha value is -2.37. The molecule has 0 aliphatic heterocycles. The maximum Gasteiger partial charge on any atom is 0.258 e. The molecule has 0 aliphatic rings. The fraction of sp³-hybridized carbons (Fsp3) is 0. The van der Waals surface area contributed by atoms with Gasteiger partial charge in [0.15, 0.2) is 0 Å². The molecule has 0 spiro atoms. The number of halogens is 3. The monoisotopic (exact) mass is 349 g/mol. The Morgan fingerprint density at radius 3 is 2.61 bits per heavy atom.